The quantitative estimate of drug-likeness (QED) is 0.249. The van der Waals surface area contributed by atoms with E-state index in [1.54, 1.807) is 31.4 Å². The molecule has 0 saturated carbocycles. The van der Waals surface area contributed by atoms with E-state index in [1.165, 1.54) is 18.4 Å². The first-order valence-corrected chi connectivity index (χ1v) is 18.6. The average molecular weight is 725 g/mol. The zero-order valence-corrected chi connectivity index (χ0v) is 33.1. The van der Waals surface area contributed by atoms with E-state index < -0.39 is 36.5 Å². The molecule has 0 spiro atoms. The van der Waals surface area contributed by atoms with Crippen LogP contribution in [0, 0.1) is 23.7 Å². The van der Waals surface area contributed by atoms with Gasteiger partial charge in [0.2, 0.25) is 0 Å². The monoisotopic (exact) mass is 724 g/mol. The summed E-state index contributed by atoms with van der Waals surface area (Å²) >= 11 is 1.37. The van der Waals surface area contributed by atoms with Gasteiger partial charge in [0.05, 0.1) is 30.4 Å². The van der Waals surface area contributed by atoms with E-state index in [0.717, 1.165) is 22.3 Å². The minimum Gasteiger partial charge on any atom is -0.455 e. The van der Waals surface area contributed by atoms with Crippen molar-refractivity contribution in [1.29, 1.82) is 0 Å². The lowest BCUT2D eigenvalue weighted by atomic mass is 9.91. The van der Waals surface area contributed by atoms with Gasteiger partial charge in [0, 0.05) is 37.3 Å². The number of hydrogen-bond acceptors (Lipinski definition) is 9. The normalized spacial score (nSPS) is 33.0. The largest absolute Gasteiger partial charge is 0.455 e. The molecular formula is C41H60N2O7S. The molecule has 282 valence electrons. The number of methoxy groups -OCH3 is 1. The summed E-state index contributed by atoms with van der Waals surface area (Å²) < 4.78 is 17.5. The van der Waals surface area contributed by atoms with Crippen LogP contribution in [0.15, 0.2) is 88.4 Å². The Hall–Kier alpha value is -3.57. The average Bonchev–Trinajstić information content (AvgIpc) is 3.55. The van der Waals surface area contributed by atoms with Gasteiger partial charge in [-0.3, -0.25) is 4.79 Å². The smallest absolute Gasteiger partial charge is 0.407 e. The maximum atomic E-state index is 13.2. The minimum atomic E-state index is -0.754. The minimum absolute atomic E-state index is 0.0296. The third-order valence-electron chi connectivity index (χ3n) is 8.65. The summed E-state index contributed by atoms with van der Waals surface area (Å²) in [6.45, 7) is 17.7. The Morgan fingerprint density at radius 1 is 1.02 bits per heavy atom. The van der Waals surface area contributed by atoms with E-state index in [9.17, 15) is 19.8 Å². The number of hydrogen-bond donors (Lipinski definition) is 3. The Balaban J connectivity index is 2.55. The maximum Gasteiger partial charge on any atom is 0.407 e. The third-order valence-corrected chi connectivity index (χ3v) is 9.60. The number of aliphatic hydroxyl groups is 2. The van der Waals surface area contributed by atoms with Crippen LogP contribution in [0.5, 0.6) is 0 Å². The van der Waals surface area contributed by atoms with Crippen LogP contribution in [-0.4, -0.2) is 59.7 Å². The molecule has 1 aliphatic rings. The van der Waals surface area contributed by atoms with Gasteiger partial charge in [0.15, 0.2) is 12.2 Å². The zero-order valence-electron chi connectivity index (χ0n) is 32.3. The summed E-state index contributed by atoms with van der Waals surface area (Å²) in [5.41, 5.74) is 4.29. The lowest BCUT2D eigenvalue weighted by Gasteiger charge is -2.26. The summed E-state index contributed by atoms with van der Waals surface area (Å²) in [4.78, 5) is 30.2. The molecule has 3 N–H and O–H groups in total. The van der Waals surface area contributed by atoms with Crippen molar-refractivity contribution in [3.63, 3.8) is 0 Å². The van der Waals surface area contributed by atoms with Crippen molar-refractivity contribution in [2.75, 3.05) is 14.2 Å². The SMILES string of the molecule is CNC(=O)O[C@@H](CC(C)C)c1nc([C@H]2OC(=O)C/C=C/C(C)=C/[C@@H](O)[C@@H](C)\C=C(C)/C=C(C)\C=C\[C@@H](O)[C@H](C)[C@H](OC)/C(C)=C/C=C/[C@@H]2C)cs1. The van der Waals surface area contributed by atoms with Crippen LogP contribution in [0.4, 0.5) is 4.79 Å². The highest BCUT2D eigenvalue weighted by molar-refractivity contribution is 7.09. The molecule has 0 aromatic carbocycles. The highest BCUT2D eigenvalue weighted by Crippen LogP contribution is 2.34. The van der Waals surface area contributed by atoms with Gasteiger partial charge in [-0.05, 0) is 45.6 Å². The molecule has 8 atom stereocenters. The molecule has 0 unspecified atom stereocenters. The van der Waals surface area contributed by atoms with Gasteiger partial charge < -0.3 is 29.7 Å². The number of cyclic esters (lactones) is 1. The Labute approximate surface area is 309 Å². The number of carbonyl (C=O) groups is 2. The van der Waals surface area contributed by atoms with Gasteiger partial charge in [0.25, 0.3) is 0 Å². The highest BCUT2D eigenvalue weighted by Gasteiger charge is 2.28. The number of thiazole rings is 1. The summed E-state index contributed by atoms with van der Waals surface area (Å²) in [5, 5.41) is 26.9. The van der Waals surface area contributed by atoms with E-state index in [-0.39, 0.29) is 36.2 Å². The van der Waals surface area contributed by atoms with E-state index in [4.69, 9.17) is 19.2 Å². The molecule has 0 bridgehead atoms. The first-order valence-electron chi connectivity index (χ1n) is 17.7. The third kappa shape index (κ3) is 14.9. The first-order chi connectivity index (χ1) is 24.1. The van der Waals surface area contributed by atoms with Crippen LogP contribution in [-0.2, 0) is 19.0 Å². The number of aliphatic hydroxyl groups excluding tert-OH is 2. The predicted molar refractivity (Wildman–Crippen MR) is 206 cm³/mol. The number of alkyl carbamates (subject to hydrolysis) is 1. The van der Waals surface area contributed by atoms with Crippen LogP contribution in [0.25, 0.3) is 0 Å². The van der Waals surface area contributed by atoms with E-state index in [1.807, 2.05) is 104 Å². The topological polar surface area (TPSA) is 127 Å². The van der Waals surface area contributed by atoms with Crippen molar-refractivity contribution in [3.8, 4) is 0 Å². The predicted octanol–water partition coefficient (Wildman–Crippen LogP) is 8.67. The molecule has 0 saturated heterocycles. The number of ether oxygens (including phenoxy) is 3. The summed E-state index contributed by atoms with van der Waals surface area (Å²) in [6.07, 6.45) is 15.8. The lowest BCUT2D eigenvalue weighted by molar-refractivity contribution is -0.150. The Kier molecular flexibility index (Phi) is 18.6. The second-order valence-electron chi connectivity index (χ2n) is 14.0. The van der Waals surface area contributed by atoms with Gasteiger partial charge in [-0.2, -0.15) is 0 Å². The number of esters is 1. The lowest BCUT2D eigenvalue weighted by Crippen LogP contribution is -2.30. The molecule has 1 aromatic rings. The van der Waals surface area contributed by atoms with Crippen molar-refractivity contribution in [3.05, 3.63) is 99.1 Å². The van der Waals surface area contributed by atoms with Crippen LogP contribution in [0.3, 0.4) is 0 Å². The Morgan fingerprint density at radius 2 is 1.73 bits per heavy atom. The van der Waals surface area contributed by atoms with Crippen LogP contribution in [0.2, 0.25) is 0 Å². The van der Waals surface area contributed by atoms with Crippen molar-refractivity contribution < 1.29 is 34.0 Å². The number of nitrogens with one attached hydrogen (secondary N) is 1. The van der Waals surface area contributed by atoms with E-state index >= 15 is 0 Å². The molecular weight excluding hydrogens is 665 g/mol. The molecule has 1 amide bonds. The van der Waals surface area contributed by atoms with E-state index in [2.05, 4.69) is 5.32 Å². The second-order valence-corrected chi connectivity index (χ2v) is 14.9. The van der Waals surface area contributed by atoms with Gasteiger partial charge in [-0.1, -0.05) is 112 Å². The molecule has 0 radical (unpaired) electrons. The molecule has 1 aromatic heterocycles. The van der Waals surface area contributed by atoms with Crippen LogP contribution < -0.4 is 5.32 Å². The van der Waals surface area contributed by atoms with Gasteiger partial charge in [-0.25, -0.2) is 9.78 Å². The van der Waals surface area contributed by atoms with Crippen molar-refractivity contribution in [2.24, 2.45) is 23.7 Å². The maximum absolute atomic E-state index is 13.2. The van der Waals surface area contributed by atoms with Gasteiger partial charge in [0.1, 0.15) is 5.01 Å². The van der Waals surface area contributed by atoms with E-state index in [0.29, 0.717) is 17.1 Å². The molecule has 0 aliphatic carbocycles. The van der Waals surface area contributed by atoms with Gasteiger partial charge >= 0.3 is 12.1 Å². The molecule has 51 heavy (non-hydrogen) atoms. The molecule has 2 heterocycles. The Bertz CT molecular complexity index is 1500. The summed E-state index contributed by atoms with van der Waals surface area (Å²) in [6, 6.07) is 0. The fraction of sp³-hybridized carbons (Fsp3) is 0.537. The number of nitrogens with zero attached hydrogens (tertiary/aromatic N) is 1. The second kappa shape index (κ2) is 21.7. The number of allylic oxidation sites excluding steroid dienone is 8. The fourth-order valence-electron chi connectivity index (χ4n) is 5.81. The number of carbonyl (C=O) groups excluding carboxylic acids is 2. The summed E-state index contributed by atoms with van der Waals surface area (Å²) in [7, 11) is 3.15. The van der Waals surface area contributed by atoms with Gasteiger partial charge in [-0.15, -0.1) is 11.3 Å². The number of rotatable bonds is 6. The first kappa shape index (κ1) is 43.6. The van der Waals surface area contributed by atoms with Crippen molar-refractivity contribution in [2.45, 2.75) is 106 Å². The summed E-state index contributed by atoms with van der Waals surface area (Å²) in [5.74, 6) is -0.840. The fourth-order valence-corrected chi connectivity index (χ4v) is 6.69. The van der Waals surface area contributed by atoms with Crippen LogP contribution >= 0.6 is 11.3 Å². The highest BCUT2D eigenvalue weighted by atomic mass is 32.1. The molecule has 0 fully saturated rings. The van der Waals surface area contributed by atoms with Crippen molar-refractivity contribution >= 4 is 23.4 Å². The van der Waals surface area contributed by atoms with Crippen molar-refractivity contribution in [1.82, 2.24) is 10.3 Å². The number of aromatic nitrogens is 1. The molecule has 9 nitrogen and oxygen atoms in total. The number of amides is 1. The van der Waals surface area contributed by atoms with Crippen LogP contribution in [0.1, 0.15) is 98.1 Å². The molecule has 10 heteroatoms. The zero-order chi connectivity index (χ0) is 38.2. The standard InChI is InChI=1S/C41H60N2O7S/c1-25(2)20-36(49-41(47)42-10)40-43-33(24-51-40)39-30(7)16-13-15-29(6)38(48-11)32(9)34(44)19-18-27(4)21-28(5)22-31(8)35(45)23-26(3)14-12-17-37(46)50-39/h12-16,18-19,21-25,30-32,34-36,38-39,44-45H,17,20H2,1-11H3,(H,42,47)/b14-12+,16-13+,19-18+,26-23+,27-21-,28-22-,29-15+/t30-,31-,32-,34+,35+,36-,38+,39-/m0/s1. The Morgan fingerprint density at radius 3 is 2.37 bits per heavy atom. The molecule has 1 aliphatic heterocycles. The molecule has 2 rings (SSSR count).